The number of pyridine rings is 1. The number of aromatic nitrogens is 2. The van der Waals surface area contributed by atoms with Crippen molar-refractivity contribution in [3.8, 4) is 5.69 Å². The summed E-state index contributed by atoms with van der Waals surface area (Å²) in [4.78, 5) is 31.5. The second kappa shape index (κ2) is 11.5. The molecule has 2 N–H and O–H groups in total. The Morgan fingerprint density at radius 3 is 2.51 bits per heavy atom. The lowest BCUT2D eigenvalue weighted by Gasteiger charge is -2.29. The molecular weight excluding hydrogens is 510 g/mol. The number of rotatable bonds is 8. The number of anilines is 1. The average molecular weight is 540 g/mol. The lowest BCUT2D eigenvalue weighted by Crippen LogP contribution is -2.33. The van der Waals surface area contributed by atoms with Crippen LogP contribution >= 0.6 is 12.2 Å². The summed E-state index contributed by atoms with van der Waals surface area (Å²) >= 11 is 5.78. The molecule has 1 aliphatic heterocycles. The van der Waals surface area contributed by atoms with Crippen molar-refractivity contribution in [1.29, 1.82) is 0 Å². The number of nitrogens with one attached hydrogen (secondary N) is 2. The topological polar surface area (TPSA) is 88.5 Å². The smallest absolute Gasteiger partial charge is 0.337 e. The van der Waals surface area contributed by atoms with Crippen molar-refractivity contribution in [1.82, 2.24) is 19.8 Å². The van der Waals surface area contributed by atoms with Crippen LogP contribution in [-0.2, 0) is 9.53 Å². The third kappa shape index (κ3) is 5.53. The third-order valence-electron chi connectivity index (χ3n) is 6.85. The van der Waals surface area contributed by atoms with E-state index in [1.807, 2.05) is 79.9 Å². The first-order valence-electron chi connectivity index (χ1n) is 12.7. The van der Waals surface area contributed by atoms with E-state index >= 15 is 0 Å². The minimum atomic E-state index is -0.384. The van der Waals surface area contributed by atoms with Crippen LogP contribution in [0.2, 0.25) is 0 Å². The summed E-state index contributed by atoms with van der Waals surface area (Å²) in [6.07, 6.45) is 4.00. The highest BCUT2D eigenvalue weighted by Crippen LogP contribution is 2.39. The van der Waals surface area contributed by atoms with E-state index in [-0.39, 0.29) is 30.4 Å². The SMILES string of the molecule is COC(=O)c1ccc(-n2cccc2[C@@H]2[C@H](c3ccccn3)NC(=S)N2CCC(=O)Nc2ccccc2C)cc1. The van der Waals surface area contributed by atoms with E-state index in [0.717, 1.165) is 28.3 Å². The maximum atomic E-state index is 12.9. The molecule has 3 heterocycles. The first-order valence-corrected chi connectivity index (χ1v) is 13.1. The zero-order chi connectivity index (χ0) is 27.4. The Balaban J connectivity index is 1.44. The molecule has 4 aromatic rings. The monoisotopic (exact) mass is 539 g/mol. The van der Waals surface area contributed by atoms with Crippen molar-refractivity contribution in [3.63, 3.8) is 0 Å². The Kier molecular flexibility index (Phi) is 7.69. The Bertz CT molecular complexity index is 1490. The Labute approximate surface area is 232 Å². The van der Waals surface area contributed by atoms with Gasteiger partial charge in [0.1, 0.15) is 0 Å². The van der Waals surface area contributed by atoms with Crippen LogP contribution in [-0.4, -0.2) is 45.1 Å². The quantitative estimate of drug-likeness (QED) is 0.241. The maximum Gasteiger partial charge on any atom is 0.337 e. The van der Waals surface area contributed by atoms with E-state index in [1.54, 1.807) is 18.3 Å². The summed E-state index contributed by atoms with van der Waals surface area (Å²) in [6, 6.07) is 24.3. The number of aryl methyl sites for hydroxylation is 1. The maximum absolute atomic E-state index is 12.9. The van der Waals surface area contributed by atoms with E-state index in [1.165, 1.54) is 7.11 Å². The van der Waals surface area contributed by atoms with Crippen LogP contribution in [0.25, 0.3) is 5.69 Å². The van der Waals surface area contributed by atoms with Gasteiger partial charge >= 0.3 is 5.97 Å². The molecule has 2 aromatic carbocycles. The molecule has 2 aromatic heterocycles. The average Bonchev–Trinajstić information content (AvgIpc) is 3.57. The number of hydrogen-bond acceptors (Lipinski definition) is 5. The molecule has 198 valence electrons. The van der Waals surface area contributed by atoms with Gasteiger partial charge in [-0.15, -0.1) is 0 Å². The number of carbonyl (C=O) groups excluding carboxylic acids is 2. The molecule has 0 radical (unpaired) electrons. The number of hydrogen-bond donors (Lipinski definition) is 2. The molecule has 1 aliphatic rings. The van der Waals surface area contributed by atoms with Gasteiger partial charge in [-0.05, 0) is 79.3 Å². The van der Waals surface area contributed by atoms with Crippen molar-refractivity contribution in [3.05, 3.63) is 114 Å². The number of ether oxygens (including phenoxy) is 1. The van der Waals surface area contributed by atoms with E-state index in [0.29, 0.717) is 17.2 Å². The summed E-state index contributed by atoms with van der Waals surface area (Å²) in [7, 11) is 1.36. The number of amides is 1. The standard InChI is InChI=1S/C30H29N5O3S/c1-20-8-3-4-9-23(20)32-26(36)16-19-35-28(27(33-30(35)39)24-10-5-6-17-31-24)25-11-7-18-34(25)22-14-12-21(13-15-22)29(37)38-2/h3-15,17-18,27-28H,16,19H2,1-2H3,(H,32,36)(H,33,39)/t27-,28+/m0/s1. The van der Waals surface area contributed by atoms with Crippen LogP contribution < -0.4 is 10.6 Å². The lowest BCUT2D eigenvalue weighted by molar-refractivity contribution is -0.116. The zero-order valence-corrected chi connectivity index (χ0v) is 22.5. The van der Waals surface area contributed by atoms with Gasteiger partial charge in [0, 0.05) is 42.4 Å². The van der Waals surface area contributed by atoms with Crippen LogP contribution in [0.4, 0.5) is 5.69 Å². The van der Waals surface area contributed by atoms with Crippen LogP contribution in [0, 0.1) is 6.92 Å². The van der Waals surface area contributed by atoms with Gasteiger partial charge in [0.05, 0.1) is 30.5 Å². The van der Waals surface area contributed by atoms with Crippen molar-refractivity contribution in [2.45, 2.75) is 25.4 Å². The summed E-state index contributed by atoms with van der Waals surface area (Å²) in [5, 5.41) is 7.02. The molecule has 5 rings (SSSR count). The minimum Gasteiger partial charge on any atom is -0.465 e. The van der Waals surface area contributed by atoms with E-state index in [4.69, 9.17) is 17.0 Å². The summed E-state index contributed by atoms with van der Waals surface area (Å²) < 4.78 is 6.90. The molecule has 1 fully saturated rings. The number of thiocarbonyl (C=S) groups is 1. The van der Waals surface area contributed by atoms with Gasteiger partial charge < -0.3 is 24.8 Å². The molecule has 0 saturated carbocycles. The number of methoxy groups -OCH3 is 1. The van der Waals surface area contributed by atoms with Crippen molar-refractivity contribution < 1.29 is 14.3 Å². The predicted molar refractivity (Wildman–Crippen MR) is 154 cm³/mol. The summed E-state index contributed by atoms with van der Waals surface area (Å²) in [5.74, 6) is -0.467. The van der Waals surface area contributed by atoms with Crippen LogP contribution in [0.5, 0.6) is 0 Å². The molecule has 0 unspecified atom stereocenters. The van der Waals surface area contributed by atoms with E-state index in [9.17, 15) is 9.59 Å². The van der Waals surface area contributed by atoms with E-state index < -0.39 is 0 Å². The van der Waals surface area contributed by atoms with Gasteiger partial charge in [0.25, 0.3) is 0 Å². The summed E-state index contributed by atoms with van der Waals surface area (Å²) in [5.41, 5.74) is 5.00. The van der Waals surface area contributed by atoms with Crippen LogP contribution in [0.15, 0.2) is 91.3 Å². The van der Waals surface area contributed by atoms with Gasteiger partial charge in [-0.3, -0.25) is 9.78 Å². The number of esters is 1. The molecule has 0 bridgehead atoms. The highest BCUT2D eigenvalue weighted by molar-refractivity contribution is 7.80. The molecule has 0 aliphatic carbocycles. The fourth-order valence-corrected chi connectivity index (χ4v) is 5.19. The molecular formula is C30H29N5O3S. The van der Waals surface area contributed by atoms with Gasteiger partial charge in [0.15, 0.2) is 5.11 Å². The summed E-state index contributed by atoms with van der Waals surface area (Å²) in [6.45, 7) is 2.39. The van der Waals surface area contributed by atoms with Gasteiger partial charge in [0.2, 0.25) is 5.91 Å². The highest BCUT2D eigenvalue weighted by atomic mass is 32.1. The normalized spacial score (nSPS) is 16.6. The molecule has 8 nitrogen and oxygen atoms in total. The first kappa shape index (κ1) is 26.1. The second-order valence-electron chi connectivity index (χ2n) is 9.27. The highest BCUT2D eigenvalue weighted by Gasteiger charge is 2.41. The minimum absolute atomic E-state index is 0.0825. The number of nitrogens with zero attached hydrogens (tertiary/aromatic N) is 3. The molecule has 1 amide bonds. The lowest BCUT2D eigenvalue weighted by atomic mass is 10.0. The van der Waals surface area contributed by atoms with Gasteiger partial charge in [-0.1, -0.05) is 24.3 Å². The van der Waals surface area contributed by atoms with Crippen molar-refractivity contribution in [2.75, 3.05) is 19.0 Å². The van der Waals surface area contributed by atoms with Crippen molar-refractivity contribution >= 4 is 34.9 Å². The molecule has 1 saturated heterocycles. The van der Waals surface area contributed by atoms with Crippen LogP contribution in [0.3, 0.4) is 0 Å². The van der Waals surface area contributed by atoms with E-state index in [2.05, 4.69) is 25.1 Å². The first-order chi connectivity index (χ1) is 19.0. The number of carbonyl (C=O) groups is 2. The third-order valence-corrected chi connectivity index (χ3v) is 7.20. The zero-order valence-electron chi connectivity index (χ0n) is 21.7. The van der Waals surface area contributed by atoms with Gasteiger partial charge in [-0.2, -0.15) is 0 Å². The number of para-hydroxylation sites is 1. The molecule has 39 heavy (non-hydrogen) atoms. The Morgan fingerprint density at radius 2 is 1.79 bits per heavy atom. The number of benzene rings is 2. The molecule has 9 heteroatoms. The van der Waals surface area contributed by atoms with Crippen LogP contribution in [0.1, 0.15) is 45.8 Å². The second-order valence-corrected chi connectivity index (χ2v) is 9.66. The largest absolute Gasteiger partial charge is 0.465 e. The van der Waals surface area contributed by atoms with Gasteiger partial charge in [-0.25, -0.2) is 4.79 Å². The Morgan fingerprint density at radius 1 is 1.03 bits per heavy atom. The predicted octanol–water partition coefficient (Wildman–Crippen LogP) is 4.97. The fourth-order valence-electron chi connectivity index (χ4n) is 4.86. The Hall–Kier alpha value is -4.50. The molecule has 2 atom stereocenters. The van der Waals surface area contributed by atoms with Crippen molar-refractivity contribution in [2.24, 2.45) is 0 Å². The molecule has 0 spiro atoms. The fraction of sp³-hybridized carbons (Fsp3) is 0.200.